The molecular weight excluding hydrogens is 457 g/mol. The summed E-state index contributed by atoms with van der Waals surface area (Å²) in [4.78, 5) is 51.2. The van der Waals surface area contributed by atoms with Crippen LogP contribution in [0.25, 0.3) is 11.6 Å². The normalized spacial score (nSPS) is 13.4. The summed E-state index contributed by atoms with van der Waals surface area (Å²) in [6, 6.07) is 4.04. The molecule has 1 aliphatic heterocycles. The van der Waals surface area contributed by atoms with Crippen LogP contribution in [0.1, 0.15) is 58.6 Å². The van der Waals surface area contributed by atoms with Crippen LogP contribution in [0, 0.1) is 19.7 Å². The van der Waals surface area contributed by atoms with Gasteiger partial charge in [0.1, 0.15) is 5.82 Å². The Morgan fingerprint density at radius 1 is 1.09 bits per heavy atom. The van der Waals surface area contributed by atoms with Crippen LogP contribution in [-0.2, 0) is 14.4 Å². The number of carbonyl (C=O) groups is 4. The summed E-state index contributed by atoms with van der Waals surface area (Å²) in [5, 5.41) is 16.4. The fourth-order valence-corrected chi connectivity index (χ4v) is 3.89. The summed E-state index contributed by atoms with van der Waals surface area (Å²) in [7, 11) is 0. The van der Waals surface area contributed by atoms with Gasteiger partial charge in [-0.15, -0.1) is 0 Å². The van der Waals surface area contributed by atoms with Crippen LogP contribution in [0.15, 0.2) is 18.2 Å². The number of hydrogen-bond donors (Lipinski definition) is 6. The predicted octanol–water partition coefficient (Wildman–Crippen LogP) is 2.18. The molecule has 0 bridgehead atoms. The number of hydroxylamine groups is 1. The summed E-state index contributed by atoms with van der Waals surface area (Å²) in [5.74, 6) is -2.06. The molecule has 6 N–H and O–H groups in total. The zero-order valence-corrected chi connectivity index (χ0v) is 19.5. The molecule has 35 heavy (non-hydrogen) atoms. The highest BCUT2D eigenvalue weighted by molar-refractivity contribution is 6.34. The van der Waals surface area contributed by atoms with Crippen LogP contribution in [0.3, 0.4) is 0 Å². The van der Waals surface area contributed by atoms with Gasteiger partial charge in [0.2, 0.25) is 11.8 Å². The van der Waals surface area contributed by atoms with Crippen LogP contribution < -0.4 is 21.4 Å². The molecule has 1 aromatic heterocycles. The van der Waals surface area contributed by atoms with Gasteiger partial charge in [0.25, 0.3) is 11.8 Å². The summed E-state index contributed by atoms with van der Waals surface area (Å²) in [5.41, 5.74) is 4.87. The zero-order chi connectivity index (χ0) is 25.5. The quantitative estimate of drug-likeness (QED) is 0.132. The van der Waals surface area contributed by atoms with Crippen molar-refractivity contribution < 1.29 is 28.8 Å². The molecule has 0 aliphatic carbocycles. The molecule has 0 saturated carbocycles. The highest BCUT2D eigenvalue weighted by Crippen LogP contribution is 2.34. The fraction of sp³-hybridized carbons (Fsp3) is 0.333. The Hall–Kier alpha value is -3.99. The van der Waals surface area contributed by atoms with Crippen molar-refractivity contribution in [2.45, 2.75) is 39.5 Å². The molecule has 0 spiro atoms. The predicted molar refractivity (Wildman–Crippen MR) is 127 cm³/mol. The number of aromatic nitrogens is 1. The molecular formula is C24H28FN5O5. The van der Waals surface area contributed by atoms with Crippen molar-refractivity contribution in [3.63, 3.8) is 0 Å². The Morgan fingerprint density at radius 3 is 2.60 bits per heavy atom. The first-order valence-electron chi connectivity index (χ1n) is 11.2. The summed E-state index contributed by atoms with van der Waals surface area (Å²) in [6.07, 6.45) is 3.74. The SMILES string of the molecule is Cc1[nH]c(/C=C2\C(=O)Nc3ccc(F)cc32)c(C)c1C(=O)NCC(=O)NCCCCCC(=O)NO. The van der Waals surface area contributed by atoms with E-state index in [-0.39, 0.29) is 30.4 Å². The van der Waals surface area contributed by atoms with Gasteiger partial charge in [0.05, 0.1) is 17.7 Å². The third-order valence-electron chi connectivity index (χ3n) is 5.69. The number of anilines is 1. The molecule has 3 rings (SSSR count). The Morgan fingerprint density at radius 2 is 1.86 bits per heavy atom. The first-order valence-corrected chi connectivity index (χ1v) is 11.2. The van der Waals surface area contributed by atoms with E-state index in [1.807, 2.05) is 0 Å². The number of halogens is 1. The van der Waals surface area contributed by atoms with Gasteiger partial charge < -0.3 is 20.9 Å². The molecule has 1 aromatic carbocycles. The highest BCUT2D eigenvalue weighted by atomic mass is 19.1. The zero-order valence-electron chi connectivity index (χ0n) is 19.5. The van der Waals surface area contributed by atoms with Crippen molar-refractivity contribution in [2.75, 3.05) is 18.4 Å². The third kappa shape index (κ3) is 6.33. The topological polar surface area (TPSA) is 152 Å². The van der Waals surface area contributed by atoms with Crippen molar-refractivity contribution in [3.05, 3.63) is 52.1 Å². The average molecular weight is 486 g/mol. The second kappa shape index (κ2) is 11.4. The molecule has 4 amide bonds. The number of fused-ring (bicyclic) bond motifs is 1. The largest absolute Gasteiger partial charge is 0.358 e. The smallest absolute Gasteiger partial charge is 0.256 e. The standard InChI is InChI=1S/C24H28FN5O5/c1-13-19(11-17-16-10-15(25)7-8-18(16)29-23(17)33)28-14(2)22(13)24(34)27-12-21(32)26-9-5-3-4-6-20(31)30-35/h7-8,10-11,28,35H,3-6,9,12H2,1-2H3,(H,26,32)(H,27,34)(H,29,33)(H,30,31)/b17-11-. The molecule has 1 aliphatic rings. The number of unbranched alkanes of at least 4 members (excludes halogenated alkanes) is 2. The van der Waals surface area contributed by atoms with Gasteiger partial charge in [-0.05, 0) is 56.5 Å². The number of H-pyrrole nitrogens is 1. The minimum Gasteiger partial charge on any atom is -0.358 e. The van der Waals surface area contributed by atoms with E-state index >= 15 is 0 Å². The number of rotatable bonds is 10. The second-order valence-corrected chi connectivity index (χ2v) is 8.24. The number of hydrogen-bond acceptors (Lipinski definition) is 5. The number of benzene rings is 1. The van der Waals surface area contributed by atoms with E-state index in [1.54, 1.807) is 25.4 Å². The van der Waals surface area contributed by atoms with Crippen molar-refractivity contribution in [2.24, 2.45) is 0 Å². The molecule has 11 heteroatoms. The number of aryl methyl sites for hydroxylation is 1. The van der Waals surface area contributed by atoms with Gasteiger partial charge >= 0.3 is 0 Å². The van der Waals surface area contributed by atoms with Crippen LogP contribution >= 0.6 is 0 Å². The molecule has 2 aromatic rings. The Labute approximate surface area is 201 Å². The molecule has 10 nitrogen and oxygen atoms in total. The second-order valence-electron chi connectivity index (χ2n) is 8.24. The minimum atomic E-state index is -0.460. The third-order valence-corrected chi connectivity index (χ3v) is 5.69. The van der Waals surface area contributed by atoms with Crippen LogP contribution in [-0.4, -0.2) is 46.9 Å². The van der Waals surface area contributed by atoms with Gasteiger partial charge in [0, 0.05) is 35.6 Å². The highest BCUT2D eigenvalue weighted by Gasteiger charge is 2.26. The first-order chi connectivity index (χ1) is 16.7. The van der Waals surface area contributed by atoms with Gasteiger partial charge in [-0.1, -0.05) is 6.42 Å². The molecule has 0 atom stereocenters. The van der Waals surface area contributed by atoms with E-state index in [0.29, 0.717) is 59.6 Å². The number of nitrogens with one attached hydrogen (secondary N) is 5. The van der Waals surface area contributed by atoms with Crippen LogP contribution in [0.2, 0.25) is 0 Å². The molecule has 2 heterocycles. The van der Waals surface area contributed by atoms with Crippen molar-refractivity contribution in [1.82, 2.24) is 21.1 Å². The lowest BCUT2D eigenvalue weighted by Crippen LogP contribution is -2.37. The summed E-state index contributed by atoms with van der Waals surface area (Å²) < 4.78 is 13.7. The van der Waals surface area contributed by atoms with E-state index in [2.05, 4.69) is 20.9 Å². The van der Waals surface area contributed by atoms with E-state index in [1.165, 1.54) is 18.2 Å². The summed E-state index contributed by atoms with van der Waals surface area (Å²) in [6.45, 7) is 3.63. The number of amides is 4. The average Bonchev–Trinajstić information content (AvgIpc) is 3.28. The maximum absolute atomic E-state index is 13.7. The molecule has 0 radical (unpaired) electrons. The van der Waals surface area contributed by atoms with E-state index in [0.717, 1.165) is 0 Å². The lowest BCUT2D eigenvalue weighted by atomic mass is 10.0. The maximum atomic E-state index is 13.7. The maximum Gasteiger partial charge on any atom is 0.256 e. The summed E-state index contributed by atoms with van der Waals surface area (Å²) >= 11 is 0. The van der Waals surface area contributed by atoms with E-state index in [4.69, 9.17) is 5.21 Å². The van der Waals surface area contributed by atoms with E-state index in [9.17, 15) is 23.6 Å². The lowest BCUT2D eigenvalue weighted by Gasteiger charge is -2.08. The van der Waals surface area contributed by atoms with Crippen LogP contribution in [0.5, 0.6) is 0 Å². The number of aromatic amines is 1. The molecule has 186 valence electrons. The monoisotopic (exact) mass is 485 g/mol. The Kier molecular flexibility index (Phi) is 8.37. The molecule has 0 unspecified atom stereocenters. The fourth-order valence-electron chi connectivity index (χ4n) is 3.89. The Balaban J connectivity index is 1.57. The molecule has 0 fully saturated rings. The minimum absolute atomic E-state index is 0.207. The van der Waals surface area contributed by atoms with E-state index < -0.39 is 17.6 Å². The lowest BCUT2D eigenvalue weighted by molar-refractivity contribution is -0.129. The van der Waals surface area contributed by atoms with Gasteiger partial charge in [0.15, 0.2) is 0 Å². The van der Waals surface area contributed by atoms with Crippen molar-refractivity contribution in [1.29, 1.82) is 0 Å². The number of carbonyl (C=O) groups excluding carboxylic acids is 4. The van der Waals surface area contributed by atoms with Gasteiger partial charge in [-0.3, -0.25) is 24.4 Å². The Bertz CT molecular complexity index is 1190. The van der Waals surface area contributed by atoms with Gasteiger partial charge in [-0.2, -0.15) is 0 Å². The van der Waals surface area contributed by atoms with Crippen molar-refractivity contribution >= 4 is 41.0 Å². The first kappa shape index (κ1) is 25.6. The van der Waals surface area contributed by atoms with Gasteiger partial charge in [-0.25, -0.2) is 9.87 Å². The van der Waals surface area contributed by atoms with Crippen LogP contribution in [0.4, 0.5) is 10.1 Å². The van der Waals surface area contributed by atoms with Crippen molar-refractivity contribution in [3.8, 4) is 0 Å². The molecule has 0 saturated heterocycles.